The minimum atomic E-state index is -0.529. The standard InChI is InChI=1S/C15H14FN3O2/c16-13-7-17-9-18-14(13)10-2-1-3-11(6-10)15(21)19-5-4-12(20)8-19/h1-3,6-7,9,12,20H,4-5,8H2. The van der Waals surface area contributed by atoms with Gasteiger partial charge in [0, 0.05) is 24.2 Å². The second kappa shape index (κ2) is 5.57. The fourth-order valence-corrected chi connectivity index (χ4v) is 2.43. The van der Waals surface area contributed by atoms with Gasteiger partial charge >= 0.3 is 0 Å². The summed E-state index contributed by atoms with van der Waals surface area (Å²) in [6.07, 6.45) is 2.49. The van der Waals surface area contributed by atoms with Crippen LogP contribution in [-0.2, 0) is 0 Å². The van der Waals surface area contributed by atoms with Gasteiger partial charge in [-0.3, -0.25) is 4.79 Å². The molecule has 3 rings (SSSR count). The molecule has 1 saturated heterocycles. The van der Waals surface area contributed by atoms with Gasteiger partial charge in [-0.25, -0.2) is 14.4 Å². The summed E-state index contributed by atoms with van der Waals surface area (Å²) in [4.78, 5) is 21.5. The maximum atomic E-state index is 13.7. The maximum Gasteiger partial charge on any atom is 0.253 e. The zero-order chi connectivity index (χ0) is 14.8. The normalized spacial score (nSPS) is 18.0. The van der Waals surface area contributed by atoms with Gasteiger partial charge in [0.05, 0.1) is 12.3 Å². The highest BCUT2D eigenvalue weighted by atomic mass is 19.1. The number of likely N-dealkylation sites (tertiary alicyclic amines) is 1. The molecule has 0 bridgehead atoms. The Labute approximate surface area is 121 Å². The van der Waals surface area contributed by atoms with Crippen molar-refractivity contribution in [1.82, 2.24) is 14.9 Å². The molecule has 2 heterocycles. The molecule has 0 aliphatic carbocycles. The largest absolute Gasteiger partial charge is 0.391 e. The first-order valence-corrected chi connectivity index (χ1v) is 6.68. The molecule has 1 amide bonds. The third-order valence-corrected chi connectivity index (χ3v) is 3.50. The van der Waals surface area contributed by atoms with Crippen molar-refractivity contribution in [3.8, 4) is 11.3 Å². The summed E-state index contributed by atoms with van der Waals surface area (Å²) in [6.45, 7) is 0.872. The second-order valence-corrected chi connectivity index (χ2v) is 4.99. The number of nitrogens with zero attached hydrogens (tertiary/aromatic N) is 3. The third-order valence-electron chi connectivity index (χ3n) is 3.50. The molecule has 5 nitrogen and oxygen atoms in total. The van der Waals surface area contributed by atoms with E-state index in [1.54, 1.807) is 29.2 Å². The predicted octanol–water partition coefficient (Wildman–Crippen LogP) is 1.49. The number of aromatic nitrogens is 2. The Hall–Kier alpha value is -2.34. The number of rotatable bonds is 2. The van der Waals surface area contributed by atoms with Crippen LogP contribution in [0.15, 0.2) is 36.8 Å². The summed E-state index contributed by atoms with van der Waals surface area (Å²) in [5.41, 5.74) is 1.15. The number of benzene rings is 1. The van der Waals surface area contributed by atoms with Crippen LogP contribution in [0, 0.1) is 5.82 Å². The van der Waals surface area contributed by atoms with Crippen molar-refractivity contribution in [3.63, 3.8) is 0 Å². The molecule has 0 spiro atoms. The average Bonchev–Trinajstić information content (AvgIpc) is 2.94. The monoisotopic (exact) mass is 287 g/mol. The van der Waals surface area contributed by atoms with Crippen molar-refractivity contribution >= 4 is 5.91 Å². The average molecular weight is 287 g/mol. The van der Waals surface area contributed by atoms with Gasteiger partial charge in [-0.05, 0) is 18.6 Å². The van der Waals surface area contributed by atoms with Crippen LogP contribution in [0.25, 0.3) is 11.3 Å². The number of halogens is 1. The molecule has 1 unspecified atom stereocenters. The molecule has 1 aromatic heterocycles. The Balaban J connectivity index is 1.90. The van der Waals surface area contributed by atoms with Gasteiger partial charge < -0.3 is 10.0 Å². The third kappa shape index (κ3) is 2.75. The van der Waals surface area contributed by atoms with Crippen LogP contribution in [0.4, 0.5) is 4.39 Å². The van der Waals surface area contributed by atoms with E-state index >= 15 is 0 Å². The number of hydrogen-bond donors (Lipinski definition) is 1. The first kappa shape index (κ1) is 13.6. The van der Waals surface area contributed by atoms with Gasteiger partial charge in [-0.2, -0.15) is 0 Å². The smallest absolute Gasteiger partial charge is 0.253 e. The molecule has 108 valence electrons. The van der Waals surface area contributed by atoms with E-state index in [0.717, 1.165) is 6.20 Å². The molecule has 6 heteroatoms. The highest BCUT2D eigenvalue weighted by molar-refractivity contribution is 5.95. The van der Waals surface area contributed by atoms with Gasteiger partial charge in [0.2, 0.25) is 0 Å². The Bertz CT molecular complexity index is 677. The molecule has 1 N–H and O–H groups in total. The number of aliphatic hydroxyl groups excluding tert-OH is 1. The summed E-state index contributed by atoms with van der Waals surface area (Å²) in [5.74, 6) is -0.693. The summed E-state index contributed by atoms with van der Waals surface area (Å²) in [6, 6.07) is 6.67. The summed E-state index contributed by atoms with van der Waals surface area (Å²) < 4.78 is 13.7. The molecule has 2 aromatic rings. The lowest BCUT2D eigenvalue weighted by atomic mass is 10.1. The van der Waals surface area contributed by atoms with Gasteiger partial charge in [0.1, 0.15) is 12.0 Å². The van der Waals surface area contributed by atoms with Crippen molar-refractivity contribution in [3.05, 3.63) is 48.2 Å². The van der Waals surface area contributed by atoms with Crippen LogP contribution in [0.1, 0.15) is 16.8 Å². The SMILES string of the molecule is O=C(c1cccc(-c2ncncc2F)c1)N1CCC(O)C1. The zero-order valence-electron chi connectivity index (χ0n) is 11.2. The Morgan fingerprint density at radius 2 is 2.29 bits per heavy atom. The van der Waals surface area contributed by atoms with Crippen LogP contribution in [0.3, 0.4) is 0 Å². The summed E-state index contributed by atoms with van der Waals surface area (Å²) in [7, 11) is 0. The van der Waals surface area contributed by atoms with Gasteiger partial charge in [-0.1, -0.05) is 12.1 Å². The van der Waals surface area contributed by atoms with E-state index in [1.807, 2.05) is 0 Å². The molecule has 1 atom stereocenters. The lowest BCUT2D eigenvalue weighted by Gasteiger charge is -2.16. The molecule has 1 fully saturated rings. The maximum absolute atomic E-state index is 13.7. The number of aliphatic hydroxyl groups is 1. The van der Waals surface area contributed by atoms with Crippen LogP contribution in [-0.4, -0.2) is 45.1 Å². The first-order valence-electron chi connectivity index (χ1n) is 6.68. The van der Waals surface area contributed by atoms with Crippen LogP contribution < -0.4 is 0 Å². The van der Waals surface area contributed by atoms with Crippen molar-refractivity contribution in [2.24, 2.45) is 0 Å². The molecular weight excluding hydrogens is 273 g/mol. The van der Waals surface area contributed by atoms with E-state index < -0.39 is 11.9 Å². The number of amides is 1. The fourth-order valence-electron chi connectivity index (χ4n) is 2.43. The Kier molecular flexibility index (Phi) is 3.62. The van der Waals surface area contributed by atoms with E-state index in [-0.39, 0.29) is 11.6 Å². The lowest BCUT2D eigenvalue weighted by molar-refractivity contribution is 0.0765. The van der Waals surface area contributed by atoms with E-state index in [2.05, 4.69) is 9.97 Å². The van der Waals surface area contributed by atoms with E-state index in [4.69, 9.17) is 0 Å². The zero-order valence-corrected chi connectivity index (χ0v) is 11.2. The van der Waals surface area contributed by atoms with E-state index in [1.165, 1.54) is 6.33 Å². The van der Waals surface area contributed by atoms with Gasteiger partial charge in [0.25, 0.3) is 5.91 Å². The Morgan fingerprint density at radius 3 is 3.00 bits per heavy atom. The van der Waals surface area contributed by atoms with Gasteiger partial charge in [-0.15, -0.1) is 0 Å². The van der Waals surface area contributed by atoms with E-state index in [9.17, 15) is 14.3 Å². The highest BCUT2D eigenvalue weighted by Crippen LogP contribution is 2.22. The highest BCUT2D eigenvalue weighted by Gasteiger charge is 2.25. The van der Waals surface area contributed by atoms with Gasteiger partial charge in [0.15, 0.2) is 5.82 Å². The lowest BCUT2D eigenvalue weighted by Crippen LogP contribution is -2.29. The molecule has 1 aliphatic rings. The Morgan fingerprint density at radius 1 is 1.43 bits per heavy atom. The quantitative estimate of drug-likeness (QED) is 0.908. The predicted molar refractivity (Wildman–Crippen MR) is 74.0 cm³/mol. The number of hydrogen-bond acceptors (Lipinski definition) is 4. The van der Waals surface area contributed by atoms with Crippen LogP contribution in [0.2, 0.25) is 0 Å². The summed E-state index contributed by atoms with van der Waals surface area (Å²) in [5, 5.41) is 9.50. The molecule has 0 saturated carbocycles. The second-order valence-electron chi connectivity index (χ2n) is 4.99. The molecule has 1 aromatic carbocycles. The number of carbonyl (C=O) groups excluding carboxylic acids is 1. The van der Waals surface area contributed by atoms with Crippen molar-refractivity contribution in [2.75, 3.05) is 13.1 Å². The van der Waals surface area contributed by atoms with Crippen molar-refractivity contribution < 1.29 is 14.3 Å². The summed E-state index contributed by atoms with van der Waals surface area (Å²) >= 11 is 0. The van der Waals surface area contributed by atoms with Crippen LogP contribution in [0.5, 0.6) is 0 Å². The number of β-amino-alcohol motifs (C(OH)–C–C–N with tert-alkyl or cyclic N) is 1. The molecular formula is C15H14FN3O2. The minimum absolute atomic E-state index is 0.164. The minimum Gasteiger partial charge on any atom is -0.391 e. The molecule has 21 heavy (non-hydrogen) atoms. The molecule has 1 aliphatic heterocycles. The number of carbonyl (C=O) groups is 1. The first-order chi connectivity index (χ1) is 10.1. The fraction of sp³-hybridized carbons (Fsp3) is 0.267. The van der Waals surface area contributed by atoms with Crippen molar-refractivity contribution in [2.45, 2.75) is 12.5 Å². The van der Waals surface area contributed by atoms with Crippen molar-refractivity contribution in [1.29, 1.82) is 0 Å². The topological polar surface area (TPSA) is 66.3 Å². The van der Waals surface area contributed by atoms with Crippen LogP contribution >= 0.6 is 0 Å². The van der Waals surface area contributed by atoms with E-state index in [0.29, 0.717) is 30.6 Å². The molecule has 0 radical (unpaired) electrons.